The number of carbonyl (C=O) groups excluding carboxylic acids is 2. The van der Waals surface area contributed by atoms with Gasteiger partial charge in [-0.2, -0.15) is 0 Å². The minimum Gasteiger partial charge on any atom is -0.493 e. The maximum atomic E-state index is 12.4. The number of ketones is 1. The van der Waals surface area contributed by atoms with Crippen molar-refractivity contribution < 1.29 is 19.1 Å². The number of Topliss-reactive ketones (excluding diaryl/α,β-unsaturated/α-hetero) is 1. The van der Waals surface area contributed by atoms with Gasteiger partial charge in [-0.05, 0) is 44.0 Å². The van der Waals surface area contributed by atoms with E-state index in [2.05, 4.69) is 24.4 Å². The normalized spacial score (nSPS) is 12.7. The number of benzene rings is 2. The SMILES string of the molecule is CC[C@H](CNC(=O)[C@@H](C)Oc1ccc(C(C)=O)cc1OC)c1ccccc1. The Morgan fingerprint density at radius 2 is 1.78 bits per heavy atom. The van der Waals surface area contributed by atoms with Crippen molar-refractivity contribution in [3.8, 4) is 11.5 Å². The van der Waals surface area contributed by atoms with Gasteiger partial charge in [0.25, 0.3) is 5.91 Å². The summed E-state index contributed by atoms with van der Waals surface area (Å²) in [6.45, 7) is 5.83. The average molecular weight is 369 g/mol. The molecule has 0 radical (unpaired) electrons. The van der Waals surface area contributed by atoms with Gasteiger partial charge in [0.15, 0.2) is 23.4 Å². The van der Waals surface area contributed by atoms with Crippen LogP contribution in [0.5, 0.6) is 11.5 Å². The summed E-state index contributed by atoms with van der Waals surface area (Å²) in [6, 6.07) is 15.1. The summed E-state index contributed by atoms with van der Waals surface area (Å²) < 4.78 is 11.0. The first-order valence-electron chi connectivity index (χ1n) is 9.14. The molecule has 0 aromatic heterocycles. The number of rotatable bonds is 9. The minimum atomic E-state index is -0.685. The van der Waals surface area contributed by atoms with Gasteiger partial charge in [0.05, 0.1) is 7.11 Å². The fourth-order valence-corrected chi connectivity index (χ4v) is 2.82. The zero-order valence-corrected chi connectivity index (χ0v) is 16.3. The Bertz CT molecular complexity index is 773. The topological polar surface area (TPSA) is 64.6 Å². The zero-order chi connectivity index (χ0) is 19.8. The predicted molar refractivity (Wildman–Crippen MR) is 106 cm³/mol. The molecule has 5 nitrogen and oxygen atoms in total. The number of amides is 1. The van der Waals surface area contributed by atoms with E-state index in [1.165, 1.54) is 19.6 Å². The van der Waals surface area contributed by atoms with Crippen molar-refractivity contribution in [3.63, 3.8) is 0 Å². The molecule has 144 valence electrons. The van der Waals surface area contributed by atoms with Gasteiger partial charge >= 0.3 is 0 Å². The number of methoxy groups -OCH3 is 1. The molecule has 0 saturated carbocycles. The van der Waals surface area contributed by atoms with Crippen molar-refractivity contribution in [1.29, 1.82) is 0 Å². The van der Waals surface area contributed by atoms with Gasteiger partial charge in [-0.15, -0.1) is 0 Å². The van der Waals surface area contributed by atoms with Gasteiger partial charge < -0.3 is 14.8 Å². The summed E-state index contributed by atoms with van der Waals surface area (Å²) >= 11 is 0. The van der Waals surface area contributed by atoms with Gasteiger partial charge in [0.1, 0.15) is 0 Å². The van der Waals surface area contributed by atoms with Crippen LogP contribution in [0.4, 0.5) is 0 Å². The van der Waals surface area contributed by atoms with Gasteiger partial charge in [0, 0.05) is 18.0 Å². The first-order valence-corrected chi connectivity index (χ1v) is 9.14. The first kappa shape index (κ1) is 20.5. The number of nitrogens with one attached hydrogen (secondary N) is 1. The lowest BCUT2D eigenvalue weighted by atomic mass is 9.96. The van der Waals surface area contributed by atoms with Crippen LogP contribution in [0, 0.1) is 0 Å². The maximum Gasteiger partial charge on any atom is 0.260 e. The van der Waals surface area contributed by atoms with Crippen LogP contribution in [0.25, 0.3) is 0 Å². The molecule has 2 aromatic rings. The van der Waals surface area contributed by atoms with E-state index in [9.17, 15) is 9.59 Å². The van der Waals surface area contributed by atoms with Crippen LogP contribution in [-0.2, 0) is 4.79 Å². The van der Waals surface area contributed by atoms with Gasteiger partial charge in [-0.25, -0.2) is 0 Å². The summed E-state index contributed by atoms with van der Waals surface area (Å²) in [6.07, 6.45) is 0.246. The Balaban J connectivity index is 1.98. The van der Waals surface area contributed by atoms with Crippen molar-refractivity contribution in [3.05, 3.63) is 59.7 Å². The lowest BCUT2D eigenvalue weighted by molar-refractivity contribution is -0.127. The van der Waals surface area contributed by atoms with Crippen LogP contribution in [-0.4, -0.2) is 31.4 Å². The maximum absolute atomic E-state index is 12.4. The van der Waals surface area contributed by atoms with Gasteiger partial charge in [0.2, 0.25) is 0 Å². The molecule has 0 aliphatic heterocycles. The number of hydrogen-bond acceptors (Lipinski definition) is 4. The third-order valence-electron chi connectivity index (χ3n) is 4.53. The monoisotopic (exact) mass is 369 g/mol. The Morgan fingerprint density at radius 1 is 1.07 bits per heavy atom. The molecular weight excluding hydrogens is 342 g/mol. The molecule has 0 spiro atoms. The highest BCUT2D eigenvalue weighted by atomic mass is 16.5. The predicted octanol–water partition coefficient (Wildman–Crippen LogP) is 3.98. The Kier molecular flexibility index (Phi) is 7.41. The molecule has 5 heteroatoms. The molecule has 0 heterocycles. The summed E-state index contributed by atoms with van der Waals surface area (Å²) in [5, 5.41) is 2.96. The highest BCUT2D eigenvalue weighted by molar-refractivity contribution is 5.94. The Morgan fingerprint density at radius 3 is 2.37 bits per heavy atom. The van der Waals surface area contributed by atoms with E-state index in [-0.39, 0.29) is 17.6 Å². The van der Waals surface area contributed by atoms with E-state index < -0.39 is 6.10 Å². The smallest absolute Gasteiger partial charge is 0.260 e. The van der Waals surface area contributed by atoms with E-state index in [1.54, 1.807) is 25.1 Å². The van der Waals surface area contributed by atoms with Gasteiger partial charge in [-0.3, -0.25) is 9.59 Å². The van der Waals surface area contributed by atoms with Crippen LogP contribution in [0.1, 0.15) is 49.0 Å². The lowest BCUT2D eigenvalue weighted by Gasteiger charge is -2.20. The van der Waals surface area contributed by atoms with E-state index in [0.717, 1.165) is 6.42 Å². The standard InChI is InChI=1S/C22H27NO4/c1-5-17(18-9-7-6-8-10-18)14-23-22(25)16(3)27-20-12-11-19(15(2)24)13-21(20)26-4/h6-13,16-17H,5,14H2,1-4H3,(H,23,25)/t16-,17-/m1/s1. The second-order valence-electron chi connectivity index (χ2n) is 6.44. The summed E-state index contributed by atoms with van der Waals surface area (Å²) in [7, 11) is 1.50. The van der Waals surface area contributed by atoms with Crippen molar-refractivity contribution in [2.24, 2.45) is 0 Å². The van der Waals surface area contributed by atoms with Crippen molar-refractivity contribution in [2.45, 2.75) is 39.2 Å². The molecule has 2 aromatic carbocycles. The largest absolute Gasteiger partial charge is 0.493 e. The second kappa shape index (κ2) is 9.76. The number of ether oxygens (including phenoxy) is 2. The van der Waals surface area contributed by atoms with Crippen LogP contribution < -0.4 is 14.8 Å². The number of hydrogen-bond donors (Lipinski definition) is 1. The van der Waals surface area contributed by atoms with Crippen LogP contribution >= 0.6 is 0 Å². The van der Waals surface area contributed by atoms with Crippen LogP contribution in [0.3, 0.4) is 0 Å². The van der Waals surface area contributed by atoms with E-state index in [1.807, 2.05) is 18.2 Å². The highest BCUT2D eigenvalue weighted by Crippen LogP contribution is 2.29. The average Bonchev–Trinajstić information content (AvgIpc) is 2.69. The molecule has 1 N–H and O–H groups in total. The summed E-state index contributed by atoms with van der Waals surface area (Å²) in [4.78, 5) is 23.9. The molecule has 27 heavy (non-hydrogen) atoms. The van der Waals surface area contributed by atoms with Crippen molar-refractivity contribution in [1.82, 2.24) is 5.32 Å². The molecule has 0 bridgehead atoms. The highest BCUT2D eigenvalue weighted by Gasteiger charge is 2.19. The molecule has 0 saturated heterocycles. The Labute approximate surface area is 160 Å². The summed E-state index contributed by atoms with van der Waals surface area (Å²) in [5.41, 5.74) is 1.74. The minimum absolute atomic E-state index is 0.0582. The van der Waals surface area contributed by atoms with E-state index in [4.69, 9.17) is 9.47 Å². The molecule has 2 rings (SSSR count). The lowest BCUT2D eigenvalue weighted by Crippen LogP contribution is -2.38. The molecule has 0 fully saturated rings. The molecule has 0 unspecified atom stereocenters. The fourth-order valence-electron chi connectivity index (χ4n) is 2.82. The fraction of sp³-hybridized carbons (Fsp3) is 0.364. The van der Waals surface area contributed by atoms with Crippen LogP contribution in [0.15, 0.2) is 48.5 Å². The molecule has 2 atom stereocenters. The van der Waals surface area contributed by atoms with Crippen molar-refractivity contribution in [2.75, 3.05) is 13.7 Å². The second-order valence-corrected chi connectivity index (χ2v) is 6.44. The first-order chi connectivity index (χ1) is 13.0. The number of carbonyl (C=O) groups is 2. The Hall–Kier alpha value is -2.82. The summed E-state index contributed by atoms with van der Waals surface area (Å²) in [5.74, 6) is 0.865. The van der Waals surface area contributed by atoms with E-state index in [0.29, 0.717) is 23.6 Å². The zero-order valence-electron chi connectivity index (χ0n) is 16.3. The third-order valence-corrected chi connectivity index (χ3v) is 4.53. The van der Waals surface area contributed by atoms with Crippen LogP contribution in [0.2, 0.25) is 0 Å². The molecule has 1 amide bonds. The third kappa shape index (κ3) is 5.58. The van der Waals surface area contributed by atoms with Crippen molar-refractivity contribution >= 4 is 11.7 Å². The molecule has 0 aliphatic rings. The van der Waals surface area contributed by atoms with E-state index >= 15 is 0 Å². The quantitative estimate of drug-likeness (QED) is 0.679. The molecular formula is C22H27NO4. The van der Waals surface area contributed by atoms with Gasteiger partial charge in [-0.1, -0.05) is 37.3 Å². The molecule has 0 aliphatic carbocycles.